The number of piperidine rings is 1. The van der Waals surface area contributed by atoms with Crippen molar-refractivity contribution in [3.8, 4) is 22.9 Å². The van der Waals surface area contributed by atoms with Crippen molar-refractivity contribution in [2.45, 2.75) is 49.9 Å². The zero-order valence-corrected chi connectivity index (χ0v) is 23.6. The zero-order valence-electron chi connectivity index (χ0n) is 23.6. The molecule has 10 heteroatoms. The van der Waals surface area contributed by atoms with Gasteiger partial charge in [-0.25, -0.2) is 13.2 Å². The number of alkyl halides is 1. The highest BCUT2D eigenvalue weighted by Crippen LogP contribution is 2.43. The third-order valence-electron chi connectivity index (χ3n) is 10.3. The second kappa shape index (κ2) is 9.95. The molecule has 3 aliphatic heterocycles. The molecule has 3 saturated heterocycles. The van der Waals surface area contributed by atoms with Gasteiger partial charge in [-0.2, -0.15) is 9.97 Å². The van der Waals surface area contributed by atoms with Crippen LogP contribution >= 0.6 is 0 Å². The first kappa shape index (κ1) is 27.0. The highest BCUT2D eigenvalue weighted by Gasteiger charge is 2.49. The van der Waals surface area contributed by atoms with Crippen molar-refractivity contribution in [3.63, 3.8) is 0 Å². The summed E-state index contributed by atoms with van der Waals surface area (Å²) in [4.78, 5) is 14.0. The van der Waals surface area contributed by atoms with Gasteiger partial charge < -0.3 is 19.8 Å². The van der Waals surface area contributed by atoms with Crippen molar-refractivity contribution in [1.29, 1.82) is 0 Å². The van der Waals surface area contributed by atoms with E-state index in [0.717, 1.165) is 43.7 Å². The molecule has 8 rings (SSSR count). The van der Waals surface area contributed by atoms with Gasteiger partial charge in [0.05, 0.1) is 17.2 Å². The average Bonchev–Trinajstić information content (AvgIpc) is 3.57. The van der Waals surface area contributed by atoms with Crippen LogP contribution in [0.15, 0.2) is 42.5 Å². The van der Waals surface area contributed by atoms with Crippen molar-refractivity contribution < 1.29 is 28.1 Å². The number of aromatic nitrogens is 2. The topological polar surface area (TPSA) is 82.0 Å². The number of phenolic OH excluding ortho intramolecular Hbond substituents is 1. The van der Waals surface area contributed by atoms with Crippen molar-refractivity contribution in [3.05, 3.63) is 54.1 Å². The first-order chi connectivity index (χ1) is 20.8. The number of aliphatic hydroxyl groups excluding tert-OH is 1. The van der Waals surface area contributed by atoms with E-state index in [0.29, 0.717) is 53.9 Å². The Labute approximate surface area is 246 Å². The Morgan fingerprint density at radius 2 is 1.81 bits per heavy atom. The molecule has 2 N–H and O–H groups in total. The van der Waals surface area contributed by atoms with Gasteiger partial charge in [-0.15, -0.1) is 0 Å². The number of rotatable bonds is 5. The minimum Gasteiger partial charge on any atom is -0.508 e. The van der Waals surface area contributed by atoms with E-state index in [9.17, 15) is 19.0 Å². The Kier molecular flexibility index (Phi) is 6.24. The molecule has 0 amide bonds. The molecule has 4 fully saturated rings. The number of nitrogens with zero attached hydrogens (tertiary/aromatic N) is 4. The van der Waals surface area contributed by atoms with Gasteiger partial charge in [-0.05, 0) is 79.1 Å². The number of hydrogen-bond donors (Lipinski definition) is 2. The van der Waals surface area contributed by atoms with E-state index in [1.54, 1.807) is 12.1 Å². The number of aliphatic hydroxyl groups is 1. The number of aromatic hydroxyl groups is 1. The van der Waals surface area contributed by atoms with Crippen LogP contribution in [-0.2, 0) is 0 Å². The minimum atomic E-state index is -0.981. The predicted molar refractivity (Wildman–Crippen MR) is 157 cm³/mol. The molecule has 4 heterocycles. The average molecular weight is 591 g/mol. The van der Waals surface area contributed by atoms with E-state index in [1.807, 2.05) is 6.07 Å². The Morgan fingerprint density at radius 3 is 2.63 bits per heavy atom. The number of halogens is 3. The summed E-state index contributed by atoms with van der Waals surface area (Å²) in [5.41, 5.74) is 1.09. The smallest absolute Gasteiger partial charge is 0.319 e. The summed E-state index contributed by atoms with van der Waals surface area (Å²) in [6.07, 6.45) is 3.02. The number of hydrogen-bond acceptors (Lipinski definition) is 7. The number of benzene rings is 3. The SMILES string of the molecule is Oc1cc(-c2ccc3c(N4CC5CCC(C4)C5O)nc(OC[C@@]45CCCN4C[C@H](F)C5)nc3c2)c2c(F)c(F)ccc2c1. The number of phenols is 1. The van der Waals surface area contributed by atoms with Crippen molar-refractivity contribution in [2.75, 3.05) is 37.7 Å². The molecule has 4 aromatic rings. The molecule has 7 nitrogen and oxygen atoms in total. The lowest BCUT2D eigenvalue weighted by atomic mass is 9.94. The largest absolute Gasteiger partial charge is 0.508 e. The third-order valence-corrected chi connectivity index (χ3v) is 10.3. The molecule has 1 aliphatic carbocycles. The van der Waals surface area contributed by atoms with Crippen LogP contribution in [0.3, 0.4) is 0 Å². The molecule has 1 saturated carbocycles. The Morgan fingerprint density at radius 1 is 1.00 bits per heavy atom. The lowest BCUT2D eigenvalue weighted by molar-refractivity contribution is 0.0790. The summed E-state index contributed by atoms with van der Waals surface area (Å²) in [6.45, 7) is 2.88. The summed E-state index contributed by atoms with van der Waals surface area (Å²) < 4.78 is 50.1. The summed E-state index contributed by atoms with van der Waals surface area (Å²) in [5.74, 6) is -0.990. The van der Waals surface area contributed by atoms with Gasteiger partial charge in [-0.1, -0.05) is 12.1 Å². The van der Waals surface area contributed by atoms with Crippen LogP contribution < -0.4 is 9.64 Å². The third kappa shape index (κ3) is 4.40. The van der Waals surface area contributed by atoms with Crippen LogP contribution in [0.2, 0.25) is 0 Å². The van der Waals surface area contributed by atoms with Crippen molar-refractivity contribution in [2.24, 2.45) is 11.8 Å². The molecule has 1 aromatic heterocycles. The first-order valence-corrected chi connectivity index (χ1v) is 15.2. The first-order valence-electron chi connectivity index (χ1n) is 15.2. The molecular formula is C33H33F3N4O3. The van der Waals surface area contributed by atoms with Crippen LogP contribution in [0, 0.1) is 23.5 Å². The lowest BCUT2D eigenvalue weighted by Crippen LogP contribution is -2.45. The molecule has 4 atom stereocenters. The molecule has 0 radical (unpaired) electrons. The van der Waals surface area contributed by atoms with Gasteiger partial charge in [0, 0.05) is 48.7 Å². The van der Waals surface area contributed by atoms with Crippen LogP contribution in [0.5, 0.6) is 11.8 Å². The number of fused-ring (bicyclic) bond motifs is 5. The summed E-state index contributed by atoms with van der Waals surface area (Å²) in [6, 6.07) is 11.0. The lowest BCUT2D eigenvalue weighted by Gasteiger charge is -2.36. The maximum absolute atomic E-state index is 15.1. The number of anilines is 1. The van der Waals surface area contributed by atoms with Gasteiger partial charge >= 0.3 is 6.01 Å². The van der Waals surface area contributed by atoms with Crippen LogP contribution in [0.25, 0.3) is 32.8 Å². The molecule has 0 spiro atoms. The normalized spacial score (nSPS) is 28.7. The Balaban J connectivity index is 1.23. The standard InChI is InChI=1S/C33H33F3N4O3/c34-22-13-33(8-1-9-40(33)16-22)17-43-32-37-27-11-18(25-12-23(41)10-19-5-7-26(35)29(36)28(19)25)4-6-24(27)31(38-32)39-14-20-2-3-21(15-39)30(20)42/h4-7,10-12,20-22,30,41-42H,1-3,8-9,13-17H2/t20?,21?,22-,30?,33+/m1/s1. The van der Waals surface area contributed by atoms with E-state index in [-0.39, 0.29) is 47.2 Å². The predicted octanol–water partition coefficient (Wildman–Crippen LogP) is 5.60. The van der Waals surface area contributed by atoms with Gasteiger partial charge in [0.1, 0.15) is 24.3 Å². The fraction of sp³-hybridized carbons (Fsp3) is 0.455. The minimum absolute atomic E-state index is 0.0635. The maximum atomic E-state index is 15.1. The maximum Gasteiger partial charge on any atom is 0.319 e. The van der Waals surface area contributed by atoms with Gasteiger partial charge in [0.15, 0.2) is 11.6 Å². The quantitative estimate of drug-likeness (QED) is 0.313. The van der Waals surface area contributed by atoms with E-state index < -0.39 is 17.8 Å². The van der Waals surface area contributed by atoms with Gasteiger partial charge in [-0.3, -0.25) is 4.90 Å². The Hall–Kier alpha value is -3.63. The summed E-state index contributed by atoms with van der Waals surface area (Å²) >= 11 is 0. The van der Waals surface area contributed by atoms with Crippen molar-refractivity contribution in [1.82, 2.24) is 14.9 Å². The highest BCUT2D eigenvalue weighted by molar-refractivity contribution is 6.01. The molecular weight excluding hydrogens is 557 g/mol. The summed E-state index contributed by atoms with van der Waals surface area (Å²) in [7, 11) is 0. The molecule has 224 valence electrons. The van der Waals surface area contributed by atoms with E-state index in [2.05, 4.69) is 9.80 Å². The van der Waals surface area contributed by atoms with Gasteiger partial charge in [0.2, 0.25) is 0 Å². The molecule has 3 aromatic carbocycles. The fourth-order valence-corrected chi connectivity index (χ4v) is 8.19. The molecule has 43 heavy (non-hydrogen) atoms. The second-order valence-electron chi connectivity index (χ2n) is 12.9. The summed E-state index contributed by atoms with van der Waals surface area (Å²) in [5, 5.41) is 22.3. The van der Waals surface area contributed by atoms with E-state index >= 15 is 4.39 Å². The van der Waals surface area contributed by atoms with Crippen LogP contribution in [-0.4, -0.2) is 75.7 Å². The van der Waals surface area contributed by atoms with Crippen molar-refractivity contribution >= 4 is 27.5 Å². The molecule has 2 unspecified atom stereocenters. The fourth-order valence-electron chi connectivity index (χ4n) is 8.19. The van der Waals surface area contributed by atoms with E-state index in [4.69, 9.17) is 14.7 Å². The zero-order chi connectivity index (χ0) is 29.5. The molecule has 2 bridgehead atoms. The van der Waals surface area contributed by atoms with Crippen LogP contribution in [0.4, 0.5) is 19.0 Å². The second-order valence-corrected chi connectivity index (χ2v) is 12.9. The monoisotopic (exact) mass is 590 g/mol. The highest BCUT2D eigenvalue weighted by atomic mass is 19.2. The number of ether oxygens (including phenoxy) is 1. The van der Waals surface area contributed by atoms with Crippen LogP contribution in [0.1, 0.15) is 32.1 Å². The van der Waals surface area contributed by atoms with Gasteiger partial charge in [0.25, 0.3) is 0 Å². The van der Waals surface area contributed by atoms with E-state index in [1.165, 1.54) is 18.2 Å². The molecule has 4 aliphatic rings. The Bertz CT molecular complexity index is 1740.